The molecule has 0 aliphatic rings. The number of hydrogen-bond acceptors (Lipinski definition) is 5. The van der Waals surface area contributed by atoms with Crippen LogP contribution in [0.15, 0.2) is 29.2 Å². The van der Waals surface area contributed by atoms with E-state index in [4.69, 9.17) is 10.2 Å². The second kappa shape index (κ2) is 7.44. The van der Waals surface area contributed by atoms with E-state index in [0.29, 0.717) is 12.2 Å². The van der Waals surface area contributed by atoms with Crippen LogP contribution in [-0.2, 0) is 10.0 Å². The molecule has 0 fully saturated rings. The van der Waals surface area contributed by atoms with Crippen LogP contribution in [0.2, 0.25) is 0 Å². The van der Waals surface area contributed by atoms with E-state index in [2.05, 4.69) is 10.0 Å². The molecule has 0 heterocycles. The van der Waals surface area contributed by atoms with Crippen LogP contribution in [0.1, 0.15) is 13.3 Å². The van der Waals surface area contributed by atoms with Gasteiger partial charge in [0, 0.05) is 12.2 Å². The van der Waals surface area contributed by atoms with Crippen molar-refractivity contribution in [1.29, 1.82) is 0 Å². The Balaban J connectivity index is 2.76. The van der Waals surface area contributed by atoms with Crippen LogP contribution in [-0.4, -0.2) is 44.4 Å². The Kier molecular flexibility index (Phi) is 6.23. The van der Waals surface area contributed by atoms with Gasteiger partial charge in [-0.3, -0.25) is 0 Å². The molecular formula is C12H20N2O4S. The predicted octanol–water partition coefficient (Wildman–Crippen LogP) is 0.140. The Bertz CT molecular complexity index is 469. The molecule has 0 aliphatic heterocycles. The van der Waals surface area contributed by atoms with Crippen molar-refractivity contribution in [2.75, 3.05) is 25.1 Å². The maximum atomic E-state index is 11.8. The Labute approximate surface area is 113 Å². The van der Waals surface area contributed by atoms with Gasteiger partial charge in [-0.25, -0.2) is 13.1 Å². The molecule has 0 aromatic heterocycles. The average molecular weight is 288 g/mol. The highest BCUT2D eigenvalue weighted by molar-refractivity contribution is 7.89. The van der Waals surface area contributed by atoms with E-state index >= 15 is 0 Å². The number of benzene rings is 1. The summed E-state index contributed by atoms with van der Waals surface area (Å²) in [5.41, 5.74) is 0.641. The second-order valence-corrected chi connectivity index (χ2v) is 5.90. The molecule has 7 heteroatoms. The first-order valence-electron chi connectivity index (χ1n) is 6.11. The fraction of sp³-hybridized carbons (Fsp3) is 0.500. The van der Waals surface area contributed by atoms with Gasteiger partial charge in [-0.15, -0.1) is 0 Å². The zero-order valence-corrected chi connectivity index (χ0v) is 11.7. The van der Waals surface area contributed by atoms with Crippen LogP contribution >= 0.6 is 0 Å². The van der Waals surface area contributed by atoms with Gasteiger partial charge in [-0.2, -0.15) is 0 Å². The van der Waals surface area contributed by atoms with Gasteiger partial charge in [-0.1, -0.05) is 6.92 Å². The highest BCUT2D eigenvalue weighted by atomic mass is 32.2. The summed E-state index contributed by atoms with van der Waals surface area (Å²) in [5.74, 6) is 0. The Morgan fingerprint density at radius 3 is 2.21 bits per heavy atom. The summed E-state index contributed by atoms with van der Waals surface area (Å²) in [7, 11) is -3.46. The normalized spacial score (nSPS) is 11.8. The summed E-state index contributed by atoms with van der Waals surface area (Å²) in [5, 5.41) is 20.8. The van der Waals surface area contributed by atoms with Gasteiger partial charge in [0.1, 0.15) is 0 Å². The van der Waals surface area contributed by atoms with Gasteiger partial charge in [0.2, 0.25) is 10.0 Å². The summed E-state index contributed by atoms with van der Waals surface area (Å²) in [4.78, 5) is 0.191. The number of aliphatic hydroxyl groups is 2. The van der Waals surface area contributed by atoms with Crippen molar-refractivity contribution < 1.29 is 18.6 Å². The van der Waals surface area contributed by atoms with Crippen LogP contribution in [0.5, 0.6) is 0 Å². The second-order valence-electron chi connectivity index (χ2n) is 4.13. The molecule has 6 nitrogen and oxygen atoms in total. The minimum Gasteiger partial charge on any atom is -0.394 e. The van der Waals surface area contributed by atoms with Crippen molar-refractivity contribution in [2.24, 2.45) is 0 Å². The van der Waals surface area contributed by atoms with Crippen molar-refractivity contribution >= 4 is 15.7 Å². The summed E-state index contributed by atoms with van der Waals surface area (Å²) in [6.45, 7) is 1.89. The van der Waals surface area contributed by atoms with Crippen molar-refractivity contribution in [3.8, 4) is 0 Å². The summed E-state index contributed by atoms with van der Waals surface area (Å²) in [6, 6.07) is 5.69. The third-order valence-electron chi connectivity index (χ3n) is 2.52. The van der Waals surface area contributed by atoms with Gasteiger partial charge in [0.25, 0.3) is 0 Å². The first-order valence-corrected chi connectivity index (χ1v) is 7.59. The van der Waals surface area contributed by atoms with Crippen LogP contribution < -0.4 is 10.0 Å². The molecule has 1 rings (SSSR count). The molecule has 0 saturated heterocycles. The van der Waals surface area contributed by atoms with E-state index < -0.39 is 16.1 Å². The zero-order valence-electron chi connectivity index (χ0n) is 10.8. The minimum absolute atomic E-state index is 0.191. The molecule has 4 N–H and O–H groups in total. The lowest BCUT2D eigenvalue weighted by Crippen LogP contribution is -2.27. The number of anilines is 1. The highest BCUT2D eigenvalue weighted by Gasteiger charge is 2.13. The van der Waals surface area contributed by atoms with Crippen molar-refractivity contribution in [3.05, 3.63) is 24.3 Å². The Hall–Kier alpha value is -1.15. The van der Waals surface area contributed by atoms with Crippen LogP contribution in [0.4, 0.5) is 5.69 Å². The monoisotopic (exact) mass is 288 g/mol. The lowest BCUT2D eigenvalue weighted by molar-refractivity contribution is 0.204. The third kappa shape index (κ3) is 4.79. The van der Waals surface area contributed by atoms with E-state index in [-0.39, 0.29) is 18.1 Å². The molecule has 0 radical (unpaired) electrons. The zero-order chi connectivity index (χ0) is 14.3. The van der Waals surface area contributed by atoms with E-state index in [9.17, 15) is 8.42 Å². The van der Waals surface area contributed by atoms with Gasteiger partial charge in [-0.05, 0) is 30.7 Å². The molecule has 0 unspecified atom stereocenters. The lowest BCUT2D eigenvalue weighted by Gasteiger charge is -2.15. The molecular weight excluding hydrogens is 268 g/mol. The van der Waals surface area contributed by atoms with Gasteiger partial charge >= 0.3 is 0 Å². The van der Waals surface area contributed by atoms with Crippen molar-refractivity contribution in [1.82, 2.24) is 4.72 Å². The average Bonchev–Trinajstić information content (AvgIpc) is 2.43. The number of nitrogens with one attached hydrogen (secondary N) is 2. The molecule has 0 saturated carbocycles. The molecule has 1 aromatic carbocycles. The largest absolute Gasteiger partial charge is 0.394 e. The topological polar surface area (TPSA) is 98.7 Å². The summed E-state index contributed by atoms with van der Waals surface area (Å²) < 4.78 is 26.1. The predicted molar refractivity (Wildman–Crippen MR) is 73.5 cm³/mol. The number of sulfonamides is 1. The van der Waals surface area contributed by atoms with Crippen LogP contribution in [0.3, 0.4) is 0 Å². The minimum atomic E-state index is -3.46. The highest BCUT2D eigenvalue weighted by Crippen LogP contribution is 2.14. The fourth-order valence-corrected chi connectivity index (χ4v) is 2.57. The summed E-state index contributed by atoms with van der Waals surface area (Å²) in [6.07, 6.45) is 0.730. The summed E-state index contributed by atoms with van der Waals surface area (Å²) >= 11 is 0. The first-order chi connectivity index (χ1) is 9.03. The van der Waals surface area contributed by atoms with Gasteiger partial charge < -0.3 is 15.5 Å². The molecule has 108 valence electrons. The van der Waals surface area contributed by atoms with E-state index in [0.717, 1.165) is 6.42 Å². The molecule has 0 aliphatic carbocycles. The van der Waals surface area contributed by atoms with E-state index in [1.807, 2.05) is 6.92 Å². The molecule has 0 spiro atoms. The fourth-order valence-electron chi connectivity index (χ4n) is 1.43. The van der Waals surface area contributed by atoms with Crippen molar-refractivity contribution in [2.45, 2.75) is 24.3 Å². The van der Waals surface area contributed by atoms with Gasteiger partial charge in [0.05, 0.1) is 24.2 Å². The molecule has 0 atom stereocenters. The van der Waals surface area contributed by atoms with Gasteiger partial charge in [0.15, 0.2) is 0 Å². The van der Waals surface area contributed by atoms with Crippen LogP contribution in [0.25, 0.3) is 0 Å². The van der Waals surface area contributed by atoms with E-state index in [1.165, 1.54) is 12.1 Å². The SMILES string of the molecule is CCCNS(=O)(=O)c1ccc(NC(CO)CO)cc1. The smallest absolute Gasteiger partial charge is 0.240 e. The number of hydrogen-bond donors (Lipinski definition) is 4. The molecule has 19 heavy (non-hydrogen) atoms. The van der Waals surface area contributed by atoms with Crippen LogP contribution in [0, 0.1) is 0 Å². The number of aliphatic hydroxyl groups excluding tert-OH is 2. The number of rotatable bonds is 8. The lowest BCUT2D eigenvalue weighted by atomic mass is 10.2. The third-order valence-corrected chi connectivity index (χ3v) is 4.00. The molecule has 1 aromatic rings. The Morgan fingerprint density at radius 1 is 1.16 bits per heavy atom. The van der Waals surface area contributed by atoms with E-state index in [1.54, 1.807) is 12.1 Å². The molecule has 0 bridgehead atoms. The molecule has 0 amide bonds. The van der Waals surface area contributed by atoms with Crippen molar-refractivity contribution in [3.63, 3.8) is 0 Å². The quantitative estimate of drug-likeness (QED) is 0.545. The maximum Gasteiger partial charge on any atom is 0.240 e. The maximum absolute atomic E-state index is 11.8. The first kappa shape index (κ1) is 15.9. The Morgan fingerprint density at radius 2 is 1.74 bits per heavy atom. The standard InChI is InChI=1S/C12H20N2O4S/c1-2-7-13-19(17,18)12-5-3-10(4-6-12)14-11(8-15)9-16/h3-6,11,13-16H,2,7-9H2,1H3.